The monoisotopic (exact) mass is 318 g/mol. The van der Waals surface area contributed by atoms with Crippen molar-refractivity contribution < 1.29 is 22.7 Å². The molecule has 2 aliphatic heterocycles. The van der Waals surface area contributed by atoms with Gasteiger partial charge in [-0.1, -0.05) is 0 Å². The molecule has 9 heteroatoms. The Morgan fingerprint density at radius 3 is 2.70 bits per heavy atom. The van der Waals surface area contributed by atoms with Crippen LogP contribution in [-0.4, -0.2) is 56.1 Å². The average Bonchev–Trinajstić information content (AvgIpc) is 3.05. The molecule has 1 aromatic heterocycles. The zero-order valence-corrected chi connectivity index (χ0v) is 12.4. The standard InChI is InChI=1S/C11H14N2O5S2/c1-17-10(14)9-11(19-6-12-9)20(15,16)13-4-7-2-3-8(5-13)18-7/h6-8H,2-5H2,1H3. The molecule has 0 radical (unpaired) electrons. The molecule has 2 saturated heterocycles. The van der Waals surface area contributed by atoms with Crippen LogP contribution >= 0.6 is 11.3 Å². The minimum absolute atomic E-state index is 0.0435. The Labute approximate surface area is 120 Å². The van der Waals surface area contributed by atoms with Crippen LogP contribution in [0.25, 0.3) is 0 Å². The number of carbonyl (C=O) groups is 1. The number of thiazole rings is 1. The van der Waals surface area contributed by atoms with Gasteiger partial charge in [0.1, 0.15) is 0 Å². The topological polar surface area (TPSA) is 85.8 Å². The van der Waals surface area contributed by atoms with E-state index in [-0.39, 0.29) is 22.1 Å². The largest absolute Gasteiger partial charge is 0.464 e. The van der Waals surface area contributed by atoms with E-state index >= 15 is 0 Å². The van der Waals surface area contributed by atoms with Crippen LogP contribution in [0, 0.1) is 0 Å². The Morgan fingerprint density at radius 2 is 2.10 bits per heavy atom. The molecule has 2 aliphatic rings. The van der Waals surface area contributed by atoms with Crippen molar-refractivity contribution in [1.82, 2.24) is 9.29 Å². The normalized spacial score (nSPS) is 26.6. The zero-order chi connectivity index (χ0) is 14.3. The molecular formula is C11H14N2O5S2. The molecule has 1 aromatic rings. The lowest BCUT2D eigenvalue weighted by molar-refractivity contribution is -0.0114. The maximum Gasteiger partial charge on any atom is 0.358 e. The van der Waals surface area contributed by atoms with E-state index in [9.17, 15) is 13.2 Å². The zero-order valence-electron chi connectivity index (χ0n) is 10.8. The third-order valence-electron chi connectivity index (χ3n) is 3.50. The predicted molar refractivity (Wildman–Crippen MR) is 70.1 cm³/mol. The molecule has 3 rings (SSSR count). The van der Waals surface area contributed by atoms with Gasteiger partial charge in [0.15, 0.2) is 9.90 Å². The van der Waals surface area contributed by atoms with Crippen molar-refractivity contribution in [3.8, 4) is 0 Å². The molecule has 2 atom stereocenters. The lowest BCUT2D eigenvalue weighted by Crippen LogP contribution is -2.45. The first kappa shape index (κ1) is 13.9. The first-order valence-corrected chi connectivity index (χ1v) is 8.51. The van der Waals surface area contributed by atoms with Crippen LogP contribution in [0.3, 0.4) is 0 Å². The number of aromatic nitrogens is 1. The summed E-state index contributed by atoms with van der Waals surface area (Å²) in [4.78, 5) is 15.4. The van der Waals surface area contributed by atoms with Crippen molar-refractivity contribution in [2.24, 2.45) is 0 Å². The van der Waals surface area contributed by atoms with E-state index in [2.05, 4.69) is 9.72 Å². The van der Waals surface area contributed by atoms with Crippen molar-refractivity contribution in [3.05, 3.63) is 11.2 Å². The van der Waals surface area contributed by atoms with E-state index < -0.39 is 16.0 Å². The van der Waals surface area contributed by atoms with Crippen LogP contribution in [0.5, 0.6) is 0 Å². The fraction of sp³-hybridized carbons (Fsp3) is 0.636. The number of carbonyl (C=O) groups excluding carboxylic acids is 1. The van der Waals surface area contributed by atoms with E-state index in [0.717, 1.165) is 24.2 Å². The summed E-state index contributed by atoms with van der Waals surface area (Å²) >= 11 is 0.934. The molecule has 2 unspecified atom stereocenters. The van der Waals surface area contributed by atoms with Gasteiger partial charge in [-0.15, -0.1) is 11.3 Å². The second-order valence-corrected chi connectivity index (χ2v) is 7.75. The number of nitrogens with zero attached hydrogens (tertiary/aromatic N) is 2. The Hall–Kier alpha value is -1.03. The van der Waals surface area contributed by atoms with Gasteiger partial charge < -0.3 is 9.47 Å². The Balaban J connectivity index is 1.92. The number of morpholine rings is 1. The average molecular weight is 318 g/mol. The second-order valence-electron chi connectivity index (χ2n) is 4.76. The Morgan fingerprint density at radius 1 is 1.45 bits per heavy atom. The highest BCUT2D eigenvalue weighted by Gasteiger charge is 2.41. The third kappa shape index (κ3) is 2.24. The van der Waals surface area contributed by atoms with E-state index in [1.54, 1.807) is 0 Å². The number of hydrogen-bond donors (Lipinski definition) is 0. The first-order valence-electron chi connectivity index (χ1n) is 6.20. The van der Waals surface area contributed by atoms with Crippen LogP contribution in [-0.2, 0) is 19.5 Å². The number of ether oxygens (including phenoxy) is 2. The number of hydrogen-bond acceptors (Lipinski definition) is 7. The first-order chi connectivity index (χ1) is 9.52. The maximum absolute atomic E-state index is 12.6. The van der Waals surface area contributed by atoms with E-state index in [0.29, 0.717) is 13.1 Å². The molecule has 0 spiro atoms. The third-order valence-corrected chi connectivity index (χ3v) is 6.68. The molecule has 20 heavy (non-hydrogen) atoms. The fourth-order valence-corrected chi connectivity index (χ4v) is 5.32. The summed E-state index contributed by atoms with van der Waals surface area (Å²) in [5.74, 6) is -0.735. The molecule has 0 aliphatic carbocycles. The molecule has 3 heterocycles. The summed E-state index contributed by atoms with van der Waals surface area (Å²) in [7, 11) is -2.52. The van der Waals surface area contributed by atoms with Crippen molar-refractivity contribution in [2.45, 2.75) is 29.3 Å². The van der Waals surface area contributed by atoms with Gasteiger partial charge in [0.05, 0.1) is 24.8 Å². The van der Waals surface area contributed by atoms with Gasteiger partial charge in [-0.3, -0.25) is 0 Å². The summed E-state index contributed by atoms with van der Waals surface area (Å²) in [6, 6.07) is 0. The van der Waals surface area contributed by atoms with E-state index in [1.807, 2.05) is 0 Å². The number of fused-ring (bicyclic) bond motifs is 2. The maximum atomic E-state index is 12.6. The van der Waals surface area contributed by atoms with Gasteiger partial charge in [-0.25, -0.2) is 18.2 Å². The molecule has 7 nitrogen and oxygen atoms in total. The minimum atomic E-state index is -3.72. The van der Waals surface area contributed by atoms with Gasteiger partial charge >= 0.3 is 5.97 Å². The lowest BCUT2D eigenvalue weighted by atomic mass is 10.2. The van der Waals surface area contributed by atoms with Crippen LogP contribution in [0.2, 0.25) is 0 Å². The number of sulfonamides is 1. The molecule has 110 valence electrons. The predicted octanol–water partition coefficient (Wildman–Crippen LogP) is 0.482. The number of methoxy groups -OCH3 is 1. The summed E-state index contributed by atoms with van der Waals surface area (Å²) < 4.78 is 36.8. The molecule has 0 saturated carbocycles. The van der Waals surface area contributed by atoms with Crippen LogP contribution in [0.4, 0.5) is 0 Å². The van der Waals surface area contributed by atoms with E-state index in [4.69, 9.17) is 4.74 Å². The van der Waals surface area contributed by atoms with Crippen LogP contribution < -0.4 is 0 Å². The lowest BCUT2D eigenvalue weighted by Gasteiger charge is -2.30. The Bertz CT molecular complexity index is 615. The quantitative estimate of drug-likeness (QED) is 0.754. The molecule has 2 bridgehead atoms. The Kier molecular flexibility index (Phi) is 3.53. The molecule has 0 aromatic carbocycles. The molecular weight excluding hydrogens is 304 g/mol. The second kappa shape index (κ2) is 5.06. The van der Waals surface area contributed by atoms with Gasteiger partial charge in [0.2, 0.25) is 0 Å². The fourth-order valence-electron chi connectivity index (χ4n) is 2.54. The summed E-state index contributed by atoms with van der Waals surface area (Å²) in [5, 5.41) is 0. The highest BCUT2D eigenvalue weighted by molar-refractivity contribution is 7.91. The number of esters is 1. The summed E-state index contributed by atoms with van der Waals surface area (Å²) in [5.41, 5.74) is 1.20. The van der Waals surface area contributed by atoms with Crippen molar-refractivity contribution >= 4 is 27.3 Å². The van der Waals surface area contributed by atoms with Gasteiger partial charge in [0.25, 0.3) is 10.0 Å². The summed E-state index contributed by atoms with van der Waals surface area (Å²) in [6.07, 6.45) is 1.67. The molecule has 2 fully saturated rings. The highest BCUT2D eigenvalue weighted by atomic mass is 32.2. The smallest absolute Gasteiger partial charge is 0.358 e. The van der Waals surface area contributed by atoms with Crippen LogP contribution in [0.15, 0.2) is 9.72 Å². The highest BCUT2D eigenvalue weighted by Crippen LogP contribution is 2.32. The van der Waals surface area contributed by atoms with Crippen molar-refractivity contribution in [2.75, 3.05) is 20.2 Å². The van der Waals surface area contributed by atoms with Crippen molar-refractivity contribution in [1.29, 1.82) is 0 Å². The van der Waals surface area contributed by atoms with E-state index in [1.165, 1.54) is 16.9 Å². The van der Waals surface area contributed by atoms with Gasteiger partial charge in [-0.2, -0.15) is 4.31 Å². The molecule has 0 N–H and O–H groups in total. The number of rotatable bonds is 3. The van der Waals surface area contributed by atoms with Gasteiger partial charge in [0, 0.05) is 13.1 Å². The summed E-state index contributed by atoms with van der Waals surface area (Å²) in [6.45, 7) is 0.661. The SMILES string of the molecule is COC(=O)c1ncsc1S(=O)(=O)N1CC2CCC(C1)O2. The minimum Gasteiger partial charge on any atom is -0.464 e. The van der Waals surface area contributed by atoms with Crippen molar-refractivity contribution in [3.63, 3.8) is 0 Å². The van der Waals surface area contributed by atoms with Crippen LogP contribution in [0.1, 0.15) is 23.3 Å². The van der Waals surface area contributed by atoms with Gasteiger partial charge in [-0.05, 0) is 12.8 Å². The molecule has 0 amide bonds.